The number of aromatic carboxylic acids is 1. The lowest BCUT2D eigenvalue weighted by atomic mass is 10.0. The summed E-state index contributed by atoms with van der Waals surface area (Å²) in [6, 6.07) is 14.5. The molecule has 0 aliphatic rings. The van der Waals surface area contributed by atoms with Gasteiger partial charge in [0.05, 0.1) is 16.3 Å². The maximum atomic E-state index is 13.3. The molecule has 0 aliphatic carbocycles. The minimum absolute atomic E-state index is 0.0197. The molecular weight excluding hydrogens is 369 g/mol. The number of carboxylic acid groups (broad SMARTS) is 1. The molecule has 6 heteroatoms. The van der Waals surface area contributed by atoms with E-state index in [1.54, 1.807) is 13.0 Å². The maximum Gasteiger partial charge on any atom is 0.337 e. The van der Waals surface area contributed by atoms with Gasteiger partial charge in [0, 0.05) is 11.0 Å². The van der Waals surface area contributed by atoms with Crippen LogP contribution in [0.1, 0.15) is 22.8 Å². The largest absolute Gasteiger partial charge is 0.478 e. The Kier molecular flexibility index (Phi) is 5.23. The summed E-state index contributed by atoms with van der Waals surface area (Å²) in [7, 11) is 0. The van der Waals surface area contributed by atoms with E-state index in [9.17, 15) is 14.0 Å². The Labute approximate surface area is 159 Å². The fraction of sp³-hybridized carbons (Fsp3) is 0.0476. The Morgan fingerprint density at radius 2 is 1.85 bits per heavy atom. The highest BCUT2D eigenvalue weighted by atomic mass is 35.5. The second-order valence-electron chi connectivity index (χ2n) is 5.97. The monoisotopic (exact) mass is 383 g/mol. The van der Waals surface area contributed by atoms with Crippen LogP contribution >= 0.6 is 11.6 Å². The molecule has 4 nitrogen and oxygen atoms in total. The first-order valence-corrected chi connectivity index (χ1v) is 8.44. The second-order valence-corrected chi connectivity index (χ2v) is 6.34. The van der Waals surface area contributed by atoms with Crippen molar-refractivity contribution in [1.82, 2.24) is 0 Å². The van der Waals surface area contributed by atoms with E-state index in [1.807, 2.05) is 36.4 Å². The van der Waals surface area contributed by atoms with Gasteiger partial charge in [0.25, 0.3) is 5.91 Å². The van der Waals surface area contributed by atoms with Crippen LogP contribution in [0.4, 0.5) is 10.1 Å². The van der Waals surface area contributed by atoms with Crippen LogP contribution in [-0.4, -0.2) is 17.0 Å². The lowest BCUT2D eigenvalue weighted by Crippen LogP contribution is -2.15. The van der Waals surface area contributed by atoms with Crippen molar-refractivity contribution in [3.8, 4) is 0 Å². The maximum absolute atomic E-state index is 13.3. The van der Waals surface area contributed by atoms with Gasteiger partial charge in [-0.15, -0.1) is 0 Å². The number of carbonyl (C=O) groups is 2. The number of hydrogen-bond acceptors (Lipinski definition) is 2. The molecule has 3 aromatic rings. The number of anilines is 1. The smallest absolute Gasteiger partial charge is 0.337 e. The van der Waals surface area contributed by atoms with E-state index in [0.717, 1.165) is 22.9 Å². The molecule has 0 unspecified atom stereocenters. The predicted molar refractivity (Wildman–Crippen MR) is 105 cm³/mol. The normalized spacial score (nSPS) is 11.4. The number of halogens is 2. The quantitative estimate of drug-likeness (QED) is 0.595. The van der Waals surface area contributed by atoms with Crippen LogP contribution in [0.2, 0.25) is 5.02 Å². The Hall–Kier alpha value is -3.18. The second kappa shape index (κ2) is 7.60. The number of hydrogen-bond donors (Lipinski definition) is 2. The molecule has 2 N–H and O–H groups in total. The van der Waals surface area contributed by atoms with Crippen molar-refractivity contribution in [2.24, 2.45) is 0 Å². The molecule has 3 rings (SSSR count). The van der Waals surface area contributed by atoms with Gasteiger partial charge in [0.1, 0.15) is 5.82 Å². The summed E-state index contributed by atoms with van der Waals surface area (Å²) >= 11 is 6.44. The molecule has 27 heavy (non-hydrogen) atoms. The first-order valence-electron chi connectivity index (χ1n) is 8.06. The van der Waals surface area contributed by atoms with Gasteiger partial charge in [-0.25, -0.2) is 9.18 Å². The summed E-state index contributed by atoms with van der Waals surface area (Å²) in [5, 5.41) is 14.0. The third-order valence-corrected chi connectivity index (χ3v) is 4.51. The molecular formula is C21H15ClFNO3. The van der Waals surface area contributed by atoms with Crippen LogP contribution in [0.15, 0.2) is 60.2 Å². The van der Waals surface area contributed by atoms with E-state index in [0.29, 0.717) is 16.2 Å². The molecule has 136 valence electrons. The van der Waals surface area contributed by atoms with E-state index in [1.165, 1.54) is 6.07 Å². The summed E-state index contributed by atoms with van der Waals surface area (Å²) in [5.41, 5.74) is 0.694. The van der Waals surface area contributed by atoms with E-state index in [-0.39, 0.29) is 11.3 Å². The molecule has 0 aliphatic heterocycles. The van der Waals surface area contributed by atoms with Crippen molar-refractivity contribution in [3.05, 3.63) is 82.1 Å². The highest BCUT2D eigenvalue weighted by Crippen LogP contribution is 2.29. The van der Waals surface area contributed by atoms with Crippen molar-refractivity contribution in [2.45, 2.75) is 6.92 Å². The molecule has 0 atom stereocenters. The lowest BCUT2D eigenvalue weighted by molar-refractivity contribution is -0.112. The summed E-state index contributed by atoms with van der Waals surface area (Å²) in [6.07, 6.45) is 1.62. The average Bonchev–Trinajstić information content (AvgIpc) is 2.65. The van der Waals surface area contributed by atoms with E-state index in [4.69, 9.17) is 16.7 Å². The Morgan fingerprint density at radius 1 is 1.11 bits per heavy atom. The number of amides is 1. The molecule has 0 saturated carbocycles. The molecule has 0 spiro atoms. The van der Waals surface area contributed by atoms with Crippen LogP contribution in [0.3, 0.4) is 0 Å². The van der Waals surface area contributed by atoms with Gasteiger partial charge >= 0.3 is 5.97 Å². The van der Waals surface area contributed by atoms with Crippen molar-refractivity contribution in [2.75, 3.05) is 5.32 Å². The summed E-state index contributed by atoms with van der Waals surface area (Å²) in [4.78, 5) is 23.7. The minimum Gasteiger partial charge on any atom is -0.478 e. The highest BCUT2D eigenvalue weighted by molar-refractivity contribution is 6.37. The molecule has 3 aromatic carbocycles. The van der Waals surface area contributed by atoms with Gasteiger partial charge in [-0.3, -0.25) is 4.79 Å². The van der Waals surface area contributed by atoms with Gasteiger partial charge in [0.2, 0.25) is 0 Å². The van der Waals surface area contributed by atoms with Crippen LogP contribution in [-0.2, 0) is 4.79 Å². The predicted octanol–water partition coefficient (Wildman–Crippen LogP) is 5.37. The molecule has 0 saturated heterocycles. The molecule has 0 radical (unpaired) electrons. The summed E-state index contributed by atoms with van der Waals surface area (Å²) < 4.78 is 13.3. The van der Waals surface area contributed by atoms with E-state index in [2.05, 4.69) is 5.32 Å². The lowest BCUT2D eigenvalue weighted by Gasteiger charge is -2.10. The van der Waals surface area contributed by atoms with Crippen LogP contribution in [0, 0.1) is 5.82 Å². The van der Waals surface area contributed by atoms with Gasteiger partial charge in [0.15, 0.2) is 0 Å². The van der Waals surface area contributed by atoms with Crippen LogP contribution < -0.4 is 5.32 Å². The van der Waals surface area contributed by atoms with Crippen LogP contribution in [0.5, 0.6) is 0 Å². The third-order valence-electron chi connectivity index (χ3n) is 4.08. The van der Waals surface area contributed by atoms with Crippen molar-refractivity contribution >= 4 is 46.0 Å². The zero-order valence-electron chi connectivity index (χ0n) is 14.3. The standard InChI is InChI=1S/C21H15ClFNO3/c1-12(10-14-7-6-13-4-2-3-5-16(13)19(14)22)20(25)24-18-9-8-15(23)11-17(18)21(26)27/h2-11H,1H3,(H,24,25)(H,26,27)/b12-10+. The molecule has 1 amide bonds. The number of nitrogens with one attached hydrogen (secondary N) is 1. The van der Waals surface area contributed by atoms with Crippen molar-refractivity contribution in [3.63, 3.8) is 0 Å². The average molecular weight is 384 g/mol. The van der Waals surface area contributed by atoms with Gasteiger partial charge in [-0.2, -0.15) is 0 Å². The first-order chi connectivity index (χ1) is 12.9. The van der Waals surface area contributed by atoms with Gasteiger partial charge in [-0.05, 0) is 42.1 Å². The Morgan fingerprint density at radius 3 is 2.59 bits per heavy atom. The molecule has 0 aromatic heterocycles. The Bertz CT molecular complexity index is 1090. The SMILES string of the molecule is C/C(=C\c1ccc2ccccc2c1Cl)C(=O)Nc1ccc(F)cc1C(=O)O. The number of fused-ring (bicyclic) bond motifs is 1. The molecule has 0 bridgehead atoms. The van der Waals surface area contributed by atoms with E-state index >= 15 is 0 Å². The van der Waals surface area contributed by atoms with Gasteiger partial charge in [-0.1, -0.05) is 48.0 Å². The third kappa shape index (κ3) is 3.99. The molecule has 0 fully saturated rings. The topological polar surface area (TPSA) is 66.4 Å². The number of rotatable bonds is 4. The van der Waals surface area contributed by atoms with Gasteiger partial charge < -0.3 is 10.4 Å². The van der Waals surface area contributed by atoms with Crippen molar-refractivity contribution in [1.29, 1.82) is 0 Å². The zero-order valence-corrected chi connectivity index (χ0v) is 15.0. The fourth-order valence-electron chi connectivity index (χ4n) is 2.68. The Balaban J connectivity index is 1.90. The highest BCUT2D eigenvalue weighted by Gasteiger charge is 2.15. The zero-order chi connectivity index (χ0) is 19.6. The first kappa shape index (κ1) is 18.6. The van der Waals surface area contributed by atoms with Crippen molar-refractivity contribution < 1.29 is 19.1 Å². The minimum atomic E-state index is -1.33. The number of carboxylic acids is 1. The van der Waals surface area contributed by atoms with Crippen LogP contribution in [0.25, 0.3) is 16.8 Å². The van der Waals surface area contributed by atoms with E-state index < -0.39 is 17.7 Å². The number of carbonyl (C=O) groups excluding carboxylic acids is 1. The summed E-state index contributed by atoms with van der Waals surface area (Å²) in [5.74, 6) is -2.53. The summed E-state index contributed by atoms with van der Waals surface area (Å²) in [6.45, 7) is 1.59. The molecule has 0 heterocycles. The number of benzene rings is 3. The fourth-order valence-corrected chi connectivity index (χ4v) is 2.97.